The molecule has 164 valence electrons. The lowest BCUT2D eigenvalue weighted by molar-refractivity contribution is -0.141. The first kappa shape index (κ1) is 19.8. The van der Waals surface area contributed by atoms with E-state index >= 15 is 0 Å². The van der Waals surface area contributed by atoms with Gasteiger partial charge in [-0.3, -0.25) is 4.79 Å². The first-order chi connectivity index (χ1) is 15.2. The molecule has 1 N–H and O–H groups in total. The summed E-state index contributed by atoms with van der Waals surface area (Å²) in [6, 6.07) is 8.26. The van der Waals surface area contributed by atoms with Crippen LogP contribution >= 0.6 is 11.3 Å². The van der Waals surface area contributed by atoms with E-state index in [2.05, 4.69) is 15.3 Å². The van der Waals surface area contributed by atoms with Gasteiger partial charge in [0.2, 0.25) is 0 Å². The number of hydrogen-bond donors (Lipinski definition) is 1. The Balaban J connectivity index is 1.53. The number of pyridine rings is 1. The van der Waals surface area contributed by atoms with E-state index in [9.17, 15) is 22.8 Å². The van der Waals surface area contributed by atoms with Crippen molar-refractivity contribution in [2.75, 3.05) is 13.1 Å². The van der Waals surface area contributed by atoms with Crippen LogP contribution in [0.15, 0.2) is 30.3 Å². The summed E-state index contributed by atoms with van der Waals surface area (Å²) in [5.41, 5.74) is -3.22. The van der Waals surface area contributed by atoms with Gasteiger partial charge in [-0.05, 0) is 37.6 Å². The zero-order chi connectivity index (χ0) is 22.3. The van der Waals surface area contributed by atoms with Crippen LogP contribution in [0.1, 0.15) is 56.4 Å². The predicted molar refractivity (Wildman–Crippen MR) is 109 cm³/mol. The first-order valence-electron chi connectivity index (χ1n) is 10.2. The maximum atomic E-state index is 13.7. The molecular weight excluding hydrogens is 443 g/mol. The second-order valence-corrected chi connectivity index (χ2v) is 9.52. The standard InChI is InChI=1S/C22H16F3N3O3S/c23-22(24,25)14-9-11-15(18(30)31-21(11)7-8-26-10-21)16(28-14)17(29)20(5-6-20)19-27-12-3-1-2-4-13(12)32-19/h1-4,9,26H,5-8,10H2. The molecule has 1 unspecified atom stereocenters. The minimum Gasteiger partial charge on any atom is -0.449 e. The summed E-state index contributed by atoms with van der Waals surface area (Å²) < 4.78 is 47.6. The predicted octanol–water partition coefficient (Wildman–Crippen LogP) is 3.98. The van der Waals surface area contributed by atoms with E-state index in [0.29, 0.717) is 30.8 Å². The number of esters is 1. The molecule has 1 aromatic carbocycles. The van der Waals surface area contributed by atoms with Crippen molar-refractivity contribution < 1.29 is 27.5 Å². The summed E-state index contributed by atoms with van der Waals surface area (Å²) >= 11 is 1.34. The van der Waals surface area contributed by atoms with Gasteiger partial charge >= 0.3 is 12.1 Å². The molecule has 1 saturated heterocycles. The number of halogens is 3. The molecule has 1 aliphatic carbocycles. The molecule has 32 heavy (non-hydrogen) atoms. The van der Waals surface area contributed by atoms with Gasteiger partial charge in [0.05, 0.1) is 21.2 Å². The third kappa shape index (κ3) is 2.69. The highest BCUT2D eigenvalue weighted by Gasteiger charge is 2.58. The van der Waals surface area contributed by atoms with Gasteiger partial charge in [-0.15, -0.1) is 11.3 Å². The van der Waals surface area contributed by atoms with Crippen molar-refractivity contribution in [2.24, 2.45) is 0 Å². The number of nitrogens with one attached hydrogen (secondary N) is 1. The average Bonchev–Trinajstić information content (AvgIpc) is 3.12. The fraction of sp³-hybridized carbons (Fsp3) is 0.364. The van der Waals surface area contributed by atoms with Crippen molar-refractivity contribution >= 4 is 33.3 Å². The number of aromatic nitrogens is 2. The summed E-state index contributed by atoms with van der Waals surface area (Å²) in [6.07, 6.45) is -3.54. The highest BCUT2D eigenvalue weighted by Crippen LogP contribution is 2.54. The fourth-order valence-corrected chi connectivity index (χ4v) is 5.87. The molecule has 1 spiro atoms. The first-order valence-corrected chi connectivity index (χ1v) is 11.0. The number of Topliss-reactive ketones (excluding diaryl/α,β-unsaturated/α-hetero) is 1. The van der Waals surface area contributed by atoms with Crippen LogP contribution in [-0.2, 0) is 21.9 Å². The van der Waals surface area contributed by atoms with Crippen LogP contribution in [0.5, 0.6) is 0 Å². The van der Waals surface area contributed by atoms with Crippen LogP contribution in [-0.4, -0.2) is 34.8 Å². The van der Waals surface area contributed by atoms with E-state index in [1.165, 1.54) is 11.3 Å². The van der Waals surface area contributed by atoms with Crippen molar-refractivity contribution in [3.8, 4) is 0 Å². The Morgan fingerprint density at radius 3 is 2.59 bits per heavy atom. The van der Waals surface area contributed by atoms with E-state index < -0.39 is 40.3 Å². The maximum Gasteiger partial charge on any atom is 0.433 e. The Labute approximate surface area is 183 Å². The number of carbonyl (C=O) groups excluding carboxylic acids is 2. The second-order valence-electron chi connectivity index (χ2n) is 8.48. The lowest BCUT2D eigenvalue weighted by Crippen LogP contribution is -2.30. The molecule has 3 aromatic rings. The van der Waals surface area contributed by atoms with Crippen LogP contribution in [0.3, 0.4) is 0 Å². The zero-order valence-corrected chi connectivity index (χ0v) is 17.4. The van der Waals surface area contributed by atoms with E-state index in [-0.39, 0.29) is 17.7 Å². The molecule has 3 aliphatic rings. The molecule has 2 aliphatic heterocycles. The Bertz CT molecular complexity index is 1270. The minimum absolute atomic E-state index is 0.0956. The van der Waals surface area contributed by atoms with Crippen molar-refractivity contribution in [3.63, 3.8) is 0 Å². The lowest BCUT2D eigenvalue weighted by atomic mass is 9.87. The van der Waals surface area contributed by atoms with Crippen LogP contribution in [0.2, 0.25) is 0 Å². The summed E-state index contributed by atoms with van der Waals surface area (Å²) in [4.78, 5) is 34.8. The largest absolute Gasteiger partial charge is 0.449 e. The number of ether oxygens (including phenoxy) is 1. The highest BCUT2D eigenvalue weighted by atomic mass is 32.1. The Morgan fingerprint density at radius 2 is 1.94 bits per heavy atom. The molecule has 2 aromatic heterocycles. The molecule has 6 nitrogen and oxygen atoms in total. The number of fused-ring (bicyclic) bond motifs is 3. The Morgan fingerprint density at radius 1 is 1.16 bits per heavy atom. The number of carbonyl (C=O) groups is 2. The number of ketones is 1. The van der Waals surface area contributed by atoms with Crippen LogP contribution in [0.25, 0.3) is 10.2 Å². The Hall–Kier alpha value is -2.85. The van der Waals surface area contributed by atoms with Gasteiger partial charge in [0.15, 0.2) is 11.4 Å². The topological polar surface area (TPSA) is 81.2 Å². The van der Waals surface area contributed by atoms with Gasteiger partial charge in [0.1, 0.15) is 16.4 Å². The van der Waals surface area contributed by atoms with Crippen molar-refractivity contribution in [1.82, 2.24) is 15.3 Å². The van der Waals surface area contributed by atoms with Gasteiger partial charge in [-0.2, -0.15) is 13.2 Å². The summed E-state index contributed by atoms with van der Waals surface area (Å²) in [5.74, 6) is -1.40. The number of alkyl halides is 3. The molecule has 2 fully saturated rings. The third-order valence-corrected chi connectivity index (χ3v) is 7.75. The molecule has 0 radical (unpaired) electrons. The number of rotatable bonds is 3. The van der Waals surface area contributed by atoms with E-state index in [4.69, 9.17) is 4.74 Å². The monoisotopic (exact) mass is 459 g/mol. The van der Waals surface area contributed by atoms with Gasteiger partial charge in [0, 0.05) is 18.5 Å². The molecule has 0 bridgehead atoms. The molecule has 4 heterocycles. The van der Waals surface area contributed by atoms with E-state index in [1.807, 2.05) is 24.3 Å². The summed E-state index contributed by atoms with van der Waals surface area (Å²) in [7, 11) is 0. The van der Waals surface area contributed by atoms with Gasteiger partial charge < -0.3 is 10.1 Å². The van der Waals surface area contributed by atoms with E-state index in [1.54, 1.807) is 0 Å². The molecule has 0 amide bonds. The lowest BCUT2D eigenvalue weighted by Gasteiger charge is -2.22. The fourth-order valence-electron chi connectivity index (χ4n) is 4.66. The SMILES string of the molecule is O=C1OC2(CCNC2)c2cc(C(F)(F)F)nc(C(=O)C3(c4nc5ccccc5s4)CC3)c21. The van der Waals surface area contributed by atoms with Gasteiger partial charge in [0.25, 0.3) is 0 Å². The van der Waals surface area contributed by atoms with Crippen LogP contribution < -0.4 is 5.32 Å². The van der Waals surface area contributed by atoms with Gasteiger partial charge in [-0.1, -0.05) is 12.1 Å². The Kier molecular flexibility index (Phi) is 3.93. The van der Waals surface area contributed by atoms with Crippen molar-refractivity contribution in [3.05, 3.63) is 57.9 Å². The van der Waals surface area contributed by atoms with Crippen molar-refractivity contribution in [2.45, 2.75) is 36.5 Å². The smallest absolute Gasteiger partial charge is 0.433 e. The summed E-state index contributed by atoms with van der Waals surface area (Å²) in [6.45, 7) is 0.693. The third-order valence-electron chi connectivity index (χ3n) is 6.51. The van der Waals surface area contributed by atoms with Gasteiger partial charge in [-0.25, -0.2) is 14.8 Å². The number of thiazole rings is 1. The average molecular weight is 459 g/mol. The normalized spacial score (nSPS) is 23.5. The maximum absolute atomic E-state index is 13.7. The number of hydrogen-bond acceptors (Lipinski definition) is 7. The summed E-state index contributed by atoms with van der Waals surface area (Å²) in [5, 5.41) is 3.58. The van der Waals surface area contributed by atoms with E-state index in [0.717, 1.165) is 16.3 Å². The molecular formula is C22H16F3N3O3S. The molecule has 1 saturated carbocycles. The highest BCUT2D eigenvalue weighted by molar-refractivity contribution is 7.18. The van der Waals surface area contributed by atoms with Crippen LogP contribution in [0.4, 0.5) is 13.2 Å². The molecule has 6 rings (SSSR count). The molecule has 10 heteroatoms. The molecule has 1 atom stereocenters. The minimum atomic E-state index is -4.77. The number of benzene rings is 1. The second kappa shape index (κ2) is 6.35. The van der Waals surface area contributed by atoms with Crippen molar-refractivity contribution in [1.29, 1.82) is 0 Å². The number of para-hydroxylation sites is 1. The zero-order valence-electron chi connectivity index (χ0n) is 16.6. The quantitative estimate of drug-likeness (QED) is 0.471. The van der Waals surface area contributed by atoms with Crippen LogP contribution in [0, 0.1) is 0 Å². The number of nitrogens with zero attached hydrogens (tertiary/aromatic N) is 2.